The number of anilines is 2. The van der Waals surface area contributed by atoms with E-state index >= 15 is 0 Å². The van der Waals surface area contributed by atoms with Gasteiger partial charge in [-0.1, -0.05) is 19.9 Å². The molecule has 1 aliphatic carbocycles. The average molecular weight is 478 g/mol. The summed E-state index contributed by atoms with van der Waals surface area (Å²) in [5.74, 6) is 1.79. The van der Waals surface area contributed by atoms with Gasteiger partial charge < -0.3 is 14.5 Å². The summed E-state index contributed by atoms with van der Waals surface area (Å²) in [5.41, 5.74) is 2.63. The molecule has 5 rings (SSSR count). The van der Waals surface area contributed by atoms with E-state index in [4.69, 9.17) is 14.7 Å². The van der Waals surface area contributed by atoms with E-state index in [9.17, 15) is 8.42 Å². The van der Waals surface area contributed by atoms with E-state index < -0.39 is 10.0 Å². The average Bonchev–Trinajstić information content (AvgIpc) is 3.34. The van der Waals surface area contributed by atoms with Crippen LogP contribution >= 0.6 is 11.3 Å². The van der Waals surface area contributed by atoms with Crippen molar-refractivity contribution in [3.8, 4) is 0 Å². The Morgan fingerprint density at radius 1 is 1.03 bits per heavy atom. The second-order valence-electron chi connectivity index (χ2n) is 9.54. The molecule has 2 fully saturated rings. The topological polar surface area (TPSA) is 78.9 Å². The molecule has 0 spiro atoms. The summed E-state index contributed by atoms with van der Waals surface area (Å²) >= 11 is 1.28. The smallest absolute Gasteiger partial charge is 0.252 e. The van der Waals surface area contributed by atoms with Crippen LogP contribution in [0.3, 0.4) is 0 Å². The summed E-state index contributed by atoms with van der Waals surface area (Å²) in [6, 6.07) is 3.47. The van der Waals surface area contributed by atoms with E-state index in [1.165, 1.54) is 16.9 Å². The minimum absolute atomic E-state index is 0.231. The Kier molecular flexibility index (Phi) is 5.90. The Hall–Kier alpha value is -1.75. The molecule has 2 saturated heterocycles. The fourth-order valence-electron chi connectivity index (χ4n) is 4.76. The van der Waals surface area contributed by atoms with Gasteiger partial charge in [0, 0.05) is 44.8 Å². The number of thiophene rings is 1. The first-order valence-electron chi connectivity index (χ1n) is 11.3. The largest absolute Gasteiger partial charge is 0.378 e. The molecule has 10 heteroatoms. The summed E-state index contributed by atoms with van der Waals surface area (Å²) in [5, 5.41) is 1.81. The maximum absolute atomic E-state index is 12.9. The lowest BCUT2D eigenvalue weighted by Gasteiger charge is -2.38. The van der Waals surface area contributed by atoms with Crippen LogP contribution in [-0.2, 0) is 27.6 Å². The van der Waals surface area contributed by atoms with Crippen molar-refractivity contribution < 1.29 is 13.2 Å². The number of rotatable bonds is 4. The summed E-state index contributed by atoms with van der Waals surface area (Å²) in [4.78, 5) is 14.5. The van der Waals surface area contributed by atoms with Gasteiger partial charge in [0.15, 0.2) is 0 Å². The number of piperazine rings is 1. The first-order chi connectivity index (χ1) is 15.3. The first kappa shape index (κ1) is 22.1. The van der Waals surface area contributed by atoms with Crippen molar-refractivity contribution in [2.45, 2.75) is 37.3 Å². The van der Waals surface area contributed by atoms with Crippen LogP contribution in [0.4, 0.5) is 11.8 Å². The lowest BCUT2D eigenvalue weighted by Crippen LogP contribution is -2.49. The third-order valence-electron chi connectivity index (χ3n) is 6.68. The van der Waals surface area contributed by atoms with Gasteiger partial charge >= 0.3 is 0 Å². The molecule has 0 atom stereocenters. The first-order valence-corrected chi connectivity index (χ1v) is 13.7. The monoisotopic (exact) mass is 477 g/mol. The molecule has 0 aromatic carbocycles. The van der Waals surface area contributed by atoms with Crippen molar-refractivity contribution >= 4 is 33.1 Å². The Labute approximate surface area is 194 Å². The third-order valence-corrected chi connectivity index (χ3v) is 9.95. The normalized spacial score (nSPS) is 22.1. The quantitative estimate of drug-likeness (QED) is 0.669. The number of sulfonamides is 1. The molecule has 8 nitrogen and oxygen atoms in total. The second-order valence-corrected chi connectivity index (χ2v) is 12.6. The molecule has 0 bridgehead atoms. The maximum Gasteiger partial charge on any atom is 0.252 e. The van der Waals surface area contributed by atoms with Crippen molar-refractivity contribution in [1.82, 2.24) is 14.3 Å². The van der Waals surface area contributed by atoms with E-state index in [1.54, 1.807) is 16.4 Å². The highest BCUT2D eigenvalue weighted by Crippen LogP contribution is 2.38. The number of hydrogen-bond donors (Lipinski definition) is 0. The Morgan fingerprint density at radius 3 is 2.47 bits per heavy atom. The molecule has 3 aliphatic rings. The van der Waals surface area contributed by atoms with Crippen LogP contribution in [0, 0.1) is 5.41 Å². The number of aromatic nitrogens is 2. The predicted octanol–water partition coefficient (Wildman–Crippen LogP) is 2.40. The van der Waals surface area contributed by atoms with Gasteiger partial charge in [-0.3, -0.25) is 0 Å². The van der Waals surface area contributed by atoms with Crippen LogP contribution in [0.2, 0.25) is 0 Å². The van der Waals surface area contributed by atoms with Crippen LogP contribution in [0.5, 0.6) is 0 Å². The summed E-state index contributed by atoms with van der Waals surface area (Å²) < 4.78 is 33.4. The zero-order chi connectivity index (χ0) is 22.3. The van der Waals surface area contributed by atoms with E-state index in [0.29, 0.717) is 43.6 Å². The van der Waals surface area contributed by atoms with E-state index in [2.05, 4.69) is 23.6 Å². The molecular weight excluding hydrogens is 446 g/mol. The molecule has 0 unspecified atom stereocenters. The van der Waals surface area contributed by atoms with Crippen molar-refractivity contribution in [1.29, 1.82) is 0 Å². The Morgan fingerprint density at radius 2 is 1.78 bits per heavy atom. The number of ether oxygens (including phenoxy) is 1. The molecule has 0 amide bonds. The van der Waals surface area contributed by atoms with Gasteiger partial charge in [0.25, 0.3) is 10.0 Å². The predicted molar refractivity (Wildman–Crippen MR) is 126 cm³/mol. The van der Waals surface area contributed by atoms with Crippen LogP contribution in [0.25, 0.3) is 0 Å². The molecule has 2 aromatic heterocycles. The SMILES string of the molecule is CC1(C)CCc2c(nc(N3CCOCC3)nc2N2CCN(S(=O)(=O)c3cccs3)CC2)C1. The van der Waals surface area contributed by atoms with Gasteiger partial charge in [-0.25, -0.2) is 13.4 Å². The molecule has 0 radical (unpaired) electrons. The van der Waals surface area contributed by atoms with Gasteiger partial charge in [0.05, 0.1) is 18.9 Å². The highest BCUT2D eigenvalue weighted by atomic mass is 32.2. The minimum Gasteiger partial charge on any atom is -0.378 e. The summed E-state index contributed by atoms with van der Waals surface area (Å²) in [6.45, 7) is 9.82. The fraction of sp³-hybridized carbons (Fsp3) is 0.636. The molecule has 2 aliphatic heterocycles. The number of nitrogens with zero attached hydrogens (tertiary/aromatic N) is 5. The molecular formula is C22H31N5O3S2. The summed E-state index contributed by atoms with van der Waals surface area (Å²) in [6.07, 6.45) is 3.02. The lowest BCUT2D eigenvalue weighted by molar-refractivity contribution is 0.122. The molecule has 4 heterocycles. The van der Waals surface area contributed by atoms with Crippen molar-refractivity contribution in [3.63, 3.8) is 0 Å². The van der Waals surface area contributed by atoms with Crippen LogP contribution in [-0.4, -0.2) is 75.2 Å². The molecule has 174 valence electrons. The van der Waals surface area contributed by atoms with Crippen molar-refractivity contribution in [2.24, 2.45) is 5.41 Å². The molecule has 0 N–H and O–H groups in total. The van der Waals surface area contributed by atoms with Gasteiger partial charge in [-0.05, 0) is 36.1 Å². The third kappa shape index (κ3) is 4.25. The highest BCUT2D eigenvalue weighted by Gasteiger charge is 2.34. The fourth-order valence-corrected chi connectivity index (χ4v) is 7.32. The van der Waals surface area contributed by atoms with Gasteiger partial charge in [-0.2, -0.15) is 9.29 Å². The minimum atomic E-state index is -3.41. The molecule has 0 saturated carbocycles. The summed E-state index contributed by atoms with van der Waals surface area (Å²) in [7, 11) is -3.41. The highest BCUT2D eigenvalue weighted by molar-refractivity contribution is 7.91. The zero-order valence-electron chi connectivity index (χ0n) is 18.8. The van der Waals surface area contributed by atoms with Crippen molar-refractivity contribution in [3.05, 3.63) is 28.8 Å². The second kappa shape index (κ2) is 8.55. The van der Waals surface area contributed by atoms with Gasteiger partial charge in [-0.15, -0.1) is 11.3 Å². The van der Waals surface area contributed by atoms with Crippen LogP contribution < -0.4 is 9.80 Å². The van der Waals surface area contributed by atoms with E-state index in [-0.39, 0.29) is 5.41 Å². The van der Waals surface area contributed by atoms with Gasteiger partial charge in [0.1, 0.15) is 10.0 Å². The van der Waals surface area contributed by atoms with Gasteiger partial charge in [0.2, 0.25) is 5.95 Å². The standard InChI is InChI=1S/C22H31N5O3S2/c1-22(2)6-5-17-18(16-22)23-21(26-11-13-30-14-12-26)24-20(17)25-7-9-27(10-8-25)32(28,29)19-4-3-15-31-19/h3-4,15H,5-14,16H2,1-2H3. The maximum atomic E-state index is 12.9. The lowest BCUT2D eigenvalue weighted by atomic mass is 9.76. The van der Waals surface area contributed by atoms with Crippen LogP contribution in [0.15, 0.2) is 21.7 Å². The number of hydrogen-bond acceptors (Lipinski definition) is 8. The number of morpholine rings is 1. The molecule has 32 heavy (non-hydrogen) atoms. The zero-order valence-corrected chi connectivity index (χ0v) is 20.4. The van der Waals surface area contributed by atoms with Crippen LogP contribution in [0.1, 0.15) is 31.5 Å². The van der Waals surface area contributed by atoms with Crippen molar-refractivity contribution in [2.75, 3.05) is 62.3 Å². The van der Waals surface area contributed by atoms with E-state index in [0.717, 1.165) is 49.8 Å². The number of fused-ring (bicyclic) bond motifs is 1. The Balaban J connectivity index is 1.42. The van der Waals surface area contributed by atoms with E-state index in [1.807, 2.05) is 5.38 Å². The Bertz CT molecular complexity index is 1060. The molecule has 2 aromatic rings.